The number of sulfonamides is 1. The minimum Gasteiger partial charge on any atom is -0.481 e. The maximum absolute atomic E-state index is 13.3. The number of nitrogens with zero attached hydrogens (tertiary/aromatic N) is 3. The second-order valence-electron chi connectivity index (χ2n) is 9.57. The van der Waals surface area contributed by atoms with Crippen molar-refractivity contribution in [2.45, 2.75) is 42.2 Å². The Morgan fingerprint density at radius 2 is 1.89 bits per heavy atom. The Morgan fingerprint density at radius 1 is 1.14 bits per heavy atom. The van der Waals surface area contributed by atoms with Gasteiger partial charge >= 0.3 is 5.97 Å². The predicted octanol–water partition coefficient (Wildman–Crippen LogP) is 2.03. The molecule has 0 amide bonds. The molecular formula is C24H33N3O6S2. The van der Waals surface area contributed by atoms with Gasteiger partial charge in [-0.2, -0.15) is 4.31 Å². The number of hydrogen-bond donors (Lipinski definition) is 2. The van der Waals surface area contributed by atoms with Crippen LogP contribution < -0.4 is 4.90 Å². The first-order valence-corrected chi connectivity index (χ1v) is 14.0. The van der Waals surface area contributed by atoms with Gasteiger partial charge in [-0.15, -0.1) is 11.3 Å². The highest BCUT2D eigenvalue weighted by molar-refractivity contribution is 7.91. The topological polar surface area (TPSA) is 111 Å². The van der Waals surface area contributed by atoms with Gasteiger partial charge in [0.1, 0.15) is 4.21 Å². The number of hydrogen-bond acceptors (Lipinski definition) is 8. The van der Waals surface area contributed by atoms with Crippen LogP contribution in [-0.4, -0.2) is 91.8 Å². The van der Waals surface area contributed by atoms with Crippen molar-refractivity contribution in [3.05, 3.63) is 47.3 Å². The van der Waals surface area contributed by atoms with Crippen molar-refractivity contribution in [2.75, 3.05) is 50.8 Å². The number of carboxylic acids is 1. The Kier molecular flexibility index (Phi) is 7.84. The lowest BCUT2D eigenvalue weighted by Gasteiger charge is -2.46. The summed E-state index contributed by atoms with van der Waals surface area (Å²) in [6.45, 7) is 6.60. The molecule has 2 saturated heterocycles. The highest BCUT2D eigenvalue weighted by Crippen LogP contribution is 2.29. The molecule has 0 radical (unpaired) electrons. The molecule has 1 aromatic carbocycles. The van der Waals surface area contributed by atoms with Crippen molar-refractivity contribution >= 4 is 33.0 Å². The molecular weight excluding hydrogens is 490 g/mol. The van der Waals surface area contributed by atoms with Gasteiger partial charge in [0.25, 0.3) is 10.0 Å². The van der Waals surface area contributed by atoms with Crippen LogP contribution in [0, 0.1) is 0 Å². The average molecular weight is 524 g/mol. The summed E-state index contributed by atoms with van der Waals surface area (Å²) in [4.78, 5) is 15.7. The van der Waals surface area contributed by atoms with Gasteiger partial charge in [0.15, 0.2) is 0 Å². The van der Waals surface area contributed by atoms with Crippen LogP contribution in [0.4, 0.5) is 5.69 Å². The average Bonchev–Trinajstić information content (AvgIpc) is 3.36. The molecule has 3 heterocycles. The lowest BCUT2D eigenvalue weighted by Crippen LogP contribution is -2.60. The van der Waals surface area contributed by atoms with Crippen LogP contribution in [-0.2, 0) is 25.2 Å². The van der Waals surface area contributed by atoms with Crippen LogP contribution in [0.1, 0.15) is 25.8 Å². The number of benzene rings is 1. The second-order valence-corrected chi connectivity index (χ2v) is 12.7. The fourth-order valence-corrected chi connectivity index (χ4v) is 7.34. The molecule has 9 nitrogen and oxygen atoms in total. The Hall–Kier alpha value is -2.02. The third kappa shape index (κ3) is 6.04. The summed E-state index contributed by atoms with van der Waals surface area (Å²) in [7, 11) is -3.60. The highest BCUT2D eigenvalue weighted by atomic mass is 32.2. The molecule has 0 spiro atoms. The third-order valence-corrected chi connectivity index (χ3v) is 9.88. The van der Waals surface area contributed by atoms with E-state index in [-0.39, 0.29) is 18.5 Å². The Bertz CT molecular complexity index is 1100. The number of carbonyl (C=O) groups is 1. The summed E-state index contributed by atoms with van der Waals surface area (Å²) in [6, 6.07) is 10.6. The highest BCUT2D eigenvalue weighted by Gasteiger charge is 2.37. The maximum Gasteiger partial charge on any atom is 0.305 e. The Labute approximate surface area is 210 Å². The van der Waals surface area contributed by atoms with E-state index in [1.54, 1.807) is 31.4 Å². The molecule has 2 aliphatic heterocycles. The number of anilines is 1. The Morgan fingerprint density at radius 3 is 2.51 bits per heavy atom. The van der Waals surface area contributed by atoms with Gasteiger partial charge in [-0.25, -0.2) is 8.42 Å². The standard InChI is InChI=1S/C24H33N3O6S2/c1-24(2,30)18-5-7-19(8-6-18)27-10-9-26(35(31,32)23-4-3-13-34-23)16-21(27)15-25-11-12-33-17-20(25)14-22(28)29/h3-8,13,20-21,30H,9-12,14-17H2,1-2H3,(H,28,29)/t20?,21-/m0/s1. The number of rotatable bonds is 8. The van der Waals surface area contributed by atoms with E-state index < -0.39 is 21.6 Å². The summed E-state index contributed by atoms with van der Waals surface area (Å²) in [5.74, 6) is -0.880. The molecule has 1 unspecified atom stereocenters. The quantitative estimate of drug-likeness (QED) is 0.541. The first-order valence-electron chi connectivity index (χ1n) is 11.7. The van der Waals surface area contributed by atoms with Gasteiger partial charge in [0, 0.05) is 44.5 Å². The number of thiophene rings is 1. The van der Waals surface area contributed by atoms with E-state index >= 15 is 0 Å². The van der Waals surface area contributed by atoms with Gasteiger partial charge in [-0.3, -0.25) is 9.69 Å². The molecule has 0 aliphatic carbocycles. The summed E-state index contributed by atoms with van der Waals surface area (Å²) in [5.41, 5.74) is 0.786. The van der Waals surface area contributed by atoms with Crippen LogP contribution >= 0.6 is 11.3 Å². The van der Waals surface area contributed by atoms with E-state index in [0.29, 0.717) is 50.1 Å². The van der Waals surface area contributed by atoms with Crippen molar-refractivity contribution in [3.8, 4) is 0 Å². The molecule has 1 aromatic heterocycles. The zero-order valence-electron chi connectivity index (χ0n) is 20.0. The molecule has 2 atom stereocenters. The van der Waals surface area contributed by atoms with Crippen molar-refractivity contribution in [1.29, 1.82) is 0 Å². The molecule has 11 heteroatoms. The fourth-order valence-electron chi connectivity index (χ4n) is 4.73. The summed E-state index contributed by atoms with van der Waals surface area (Å²) < 4.78 is 33.9. The normalized spacial score (nSPS) is 22.9. The van der Waals surface area contributed by atoms with Crippen molar-refractivity contribution in [3.63, 3.8) is 0 Å². The summed E-state index contributed by atoms with van der Waals surface area (Å²) in [6.07, 6.45) is -0.0236. The van der Waals surface area contributed by atoms with Gasteiger partial charge in [0.05, 0.1) is 31.3 Å². The van der Waals surface area contributed by atoms with Crippen molar-refractivity contribution in [2.24, 2.45) is 0 Å². The molecule has 192 valence electrons. The van der Waals surface area contributed by atoms with Crippen LogP contribution in [0.25, 0.3) is 0 Å². The van der Waals surface area contributed by atoms with Gasteiger partial charge in [0.2, 0.25) is 0 Å². The minimum atomic E-state index is -3.60. The van der Waals surface area contributed by atoms with Gasteiger partial charge < -0.3 is 19.8 Å². The largest absolute Gasteiger partial charge is 0.481 e. The number of carboxylic acid groups (broad SMARTS) is 1. The van der Waals surface area contributed by atoms with E-state index in [9.17, 15) is 23.4 Å². The van der Waals surface area contributed by atoms with Gasteiger partial charge in [-0.1, -0.05) is 18.2 Å². The molecule has 2 N–H and O–H groups in total. The van der Waals surface area contributed by atoms with E-state index in [1.807, 2.05) is 24.3 Å². The second kappa shape index (κ2) is 10.5. The number of piperazine rings is 1. The van der Waals surface area contributed by atoms with Crippen LogP contribution in [0.2, 0.25) is 0 Å². The van der Waals surface area contributed by atoms with E-state index in [1.165, 1.54) is 15.6 Å². The lowest BCUT2D eigenvalue weighted by molar-refractivity contribution is -0.140. The third-order valence-electron chi connectivity index (χ3n) is 6.65. The molecule has 2 aromatic rings. The van der Waals surface area contributed by atoms with Gasteiger partial charge in [-0.05, 0) is 43.0 Å². The first kappa shape index (κ1) is 26.1. The molecule has 2 aliphatic rings. The van der Waals surface area contributed by atoms with E-state index in [0.717, 1.165) is 11.3 Å². The van der Waals surface area contributed by atoms with E-state index in [2.05, 4.69) is 9.80 Å². The smallest absolute Gasteiger partial charge is 0.305 e. The molecule has 0 bridgehead atoms. The molecule has 2 fully saturated rings. The SMILES string of the molecule is CC(C)(O)c1ccc(N2CCN(S(=O)(=O)c3cccs3)C[C@@H]2CN2CCOCC2CC(=O)O)cc1. The minimum absolute atomic E-state index is 0.0236. The monoisotopic (exact) mass is 523 g/mol. The number of ether oxygens (including phenoxy) is 1. The van der Waals surface area contributed by atoms with Crippen molar-refractivity contribution in [1.82, 2.24) is 9.21 Å². The summed E-state index contributed by atoms with van der Waals surface area (Å²) in [5, 5.41) is 21.4. The number of aliphatic carboxylic acids is 1. The lowest BCUT2D eigenvalue weighted by atomic mass is 9.98. The van der Waals surface area contributed by atoms with Crippen LogP contribution in [0.5, 0.6) is 0 Å². The number of aliphatic hydroxyl groups is 1. The van der Waals surface area contributed by atoms with Crippen molar-refractivity contribution < 1.29 is 28.2 Å². The Balaban J connectivity index is 1.60. The molecule has 4 rings (SSSR count). The number of morpholine rings is 1. The molecule has 35 heavy (non-hydrogen) atoms. The summed E-state index contributed by atoms with van der Waals surface area (Å²) >= 11 is 1.21. The first-order chi connectivity index (χ1) is 16.6. The van der Waals surface area contributed by atoms with Crippen LogP contribution in [0.15, 0.2) is 46.0 Å². The predicted molar refractivity (Wildman–Crippen MR) is 134 cm³/mol. The van der Waals surface area contributed by atoms with Crippen LogP contribution in [0.3, 0.4) is 0 Å². The zero-order valence-corrected chi connectivity index (χ0v) is 21.7. The maximum atomic E-state index is 13.3. The fraction of sp³-hybridized carbons (Fsp3) is 0.542. The zero-order chi connectivity index (χ0) is 25.2. The molecule has 0 saturated carbocycles. The van der Waals surface area contributed by atoms with E-state index in [4.69, 9.17) is 4.74 Å².